The van der Waals surface area contributed by atoms with Crippen LogP contribution in [-0.2, 0) is 9.59 Å². The molecule has 4 N–H and O–H groups in total. The molecule has 0 fully saturated rings. The lowest BCUT2D eigenvalue weighted by atomic mass is 9.99. The van der Waals surface area contributed by atoms with Crippen molar-refractivity contribution in [1.29, 1.82) is 0 Å². The number of hydrogen-bond acceptors (Lipinski definition) is 3. The highest BCUT2D eigenvalue weighted by atomic mass is 16.4. The second kappa shape index (κ2) is 6.83. The summed E-state index contributed by atoms with van der Waals surface area (Å²) >= 11 is 0. The summed E-state index contributed by atoms with van der Waals surface area (Å²) in [6.45, 7) is 5.58. The van der Waals surface area contributed by atoms with Crippen molar-refractivity contribution in [2.75, 3.05) is 0 Å². The summed E-state index contributed by atoms with van der Waals surface area (Å²) in [6.07, 6.45) is 0.943. The molecule has 0 bridgehead atoms. The Bertz CT molecular complexity index is 327. The zero-order valence-corrected chi connectivity index (χ0v) is 10.8. The molecule has 7 nitrogen and oxygen atoms in total. The van der Waals surface area contributed by atoms with Crippen LogP contribution in [0.3, 0.4) is 0 Å². The fourth-order valence-electron chi connectivity index (χ4n) is 1.56. The normalized spacial score (nSPS) is 12.6. The number of carbonyl (C=O) groups is 3. The molecule has 0 saturated heterocycles. The Hall–Kier alpha value is -1.79. The molecule has 0 rings (SSSR count). The first-order valence-corrected chi connectivity index (χ1v) is 5.71. The number of rotatable bonds is 7. The number of carbonyl (C=O) groups excluding carboxylic acids is 1. The molecule has 0 aromatic rings. The summed E-state index contributed by atoms with van der Waals surface area (Å²) in [5, 5.41) is 22.0. The van der Waals surface area contributed by atoms with Gasteiger partial charge in [0.15, 0.2) is 0 Å². The Morgan fingerprint density at radius 3 is 2.17 bits per heavy atom. The predicted molar refractivity (Wildman–Crippen MR) is 64.3 cm³/mol. The van der Waals surface area contributed by atoms with E-state index in [-0.39, 0.29) is 0 Å². The molecule has 0 aliphatic rings. The van der Waals surface area contributed by atoms with Crippen molar-refractivity contribution in [2.45, 2.75) is 51.6 Å². The fraction of sp³-hybridized carbons (Fsp3) is 0.727. The number of carboxylic acids is 2. The van der Waals surface area contributed by atoms with Gasteiger partial charge in [-0.15, -0.1) is 0 Å². The van der Waals surface area contributed by atoms with Crippen LogP contribution >= 0.6 is 0 Å². The van der Waals surface area contributed by atoms with Gasteiger partial charge in [0.1, 0.15) is 6.04 Å². The fourth-order valence-corrected chi connectivity index (χ4v) is 1.56. The molecule has 0 aromatic heterocycles. The van der Waals surface area contributed by atoms with Gasteiger partial charge < -0.3 is 20.8 Å². The third kappa shape index (κ3) is 6.72. The van der Waals surface area contributed by atoms with E-state index in [1.165, 1.54) is 0 Å². The van der Waals surface area contributed by atoms with Gasteiger partial charge in [0.2, 0.25) is 0 Å². The molecule has 7 heteroatoms. The number of hydrogen-bond donors (Lipinski definition) is 4. The molecule has 104 valence electrons. The first-order chi connectivity index (χ1) is 8.18. The maximum atomic E-state index is 11.6. The molecule has 0 heterocycles. The van der Waals surface area contributed by atoms with E-state index in [2.05, 4.69) is 10.6 Å². The van der Waals surface area contributed by atoms with Crippen LogP contribution < -0.4 is 10.6 Å². The summed E-state index contributed by atoms with van der Waals surface area (Å²) in [4.78, 5) is 32.8. The van der Waals surface area contributed by atoms with E-state index in [9.17, 15) is 14.4 Å². The molecular formula is C11H20N2O5. The van der Waals surface area contributed by atoms with Crippen molar-refractivity contribution in [2.24, 2.45) is 0 Å². The van der Waals surface area contributed by atoms with Crippen LogP contribution in [0, 0.1) is 0 Å². The lowest BCUT2D eigenvalue weighted by Gasteiger charge is -2.26. The minimum Gasteiger partial charge on any atom is -0.481 e. The topological polar surface area (TPSA) is 116 Å². The van der Waals surface area contributed by atoms with E-state index in [4.69, 9.17) is 10.2 Å². The molecular weight excluding hydrogens is 240 g/mol. The second-order valence-corrected chi connectivity index (χ2v) is 4.72. The standard InChI is InChI=1S/C11H20N2O5/c1-4-5-11(2,3)13-10(18)12-7(9(16)17)6-8(14)15/h7H,4-6H2,1-3H3,(H,14,15)(H,16,17)(H2,12,13,18)/t7-/m0/s1. The van der Waals surface area contributed by atoms with Crippen LogP contribution in [0.25, 0.3) is 0 Å². The van der Waals surface area contributed by atoms with Crippen molar-refractivity contribution in [3.05, 3.63) is 0 Å². The maximum Gasteiger partial charge on any atom is 0.326 e. The Kier molecular flexibility index (Phi) is 6.15. The highest BCUT2D eigenvalue weighted by molar-refractivity contribution is 5.86. The molecule has 0 aliphatic heterocycles. The minimum absolute atomic E-state index is 0.467. The Labute approximate surface area is 106 Å². The molecule has 1 atom stereocenters. The molecule has 18 heavy (non-hydrogen) atoms. The monoisotopic (exact) mass is 260 g/mol. The number of carboxylic acid groups (broad SMARTS) is 2. The average molecular weight is 260 g/mol. The van der Waals surface area contributed by atoms with Gasteiger partial charge in [-0.3, -0.25) is 4.79 Å². The van der Waals surface area contributed by atoms with Gasteiger partial charge in [0.25, 0.3) is 0 Å². The zero-order chi connectivity index (χ0) is 14.3. The summed E-state index contributed by atoms with van der Waals surface area (Å²) in [6, 6.07) is -2.11. The predicted octanol–water partition coefficient (Wildman–Crippen LogP) is 0.792. The first kappa shape index (κ1) is 16.2. The van der Waals surface area contributed by atoms with Crippen molar-refractivity contribution < 1.29 is 24.6 Å². The Balaban J connectivity index is 4.43. The van der Waals surface area contributed by atoms with Gasteiger partial charge >= 0.3 is 18.0 Å². The van der Waals surface area contributed by atoms with Crippen molar-refractivity contribution in [1.82, 2.24) is 10.6 Å². The lowest BCUT2D eigenvalue weighted by Crippen LogP contribution is -2.53. The van der Waals surface area contributed by atoms with E-state index in [0.29, 0.717) is 0 Å². The van der Waals surface area contributed by atoms with Crippen LogP contribution in [0.4, 0.5) is 4.79 Å². The van der Waals surface area contributed by atoms with Crippen LogP contribution in [0.15, 0.2) is 0 Å². The summed E-state index contributed by atoms with van der Waals surface area (Å²) in [5.41, 5.74) is -0.467. The summed E-state index contributed by atoms with van der Waals surface area (Å²) in [7, 11) is 0. The molecule has 0 aliphatic carbocycles. The number of nitrogens with one attached hydrogen (secondary N) is 2. The second-order valence-electron chi connectivity index (χ2n) is 4.72. The van der Waals surface area contributed by atoms with E-state index in [1.807, 2.05) is 20.8 Å². The van der Waals surface area contributed by atoms with Crippen LogP contribution in [-0.4, -0.2) is 39.8 Å². The molecule has 0 spiro atoms. The Morgan fingerprint density at radius 2 is 1.78 bits per heavy atom. The van der Waals surface area contributed by atoms with Crippen LogP contribution in [0.2, 0.25) is 0 Å². The van der Waals surface area contributed by atoms with Gasteiger partial charge in [-0.2, -0.15) is 0 Å². The number of aliphatic carboxylic acids is 2. The number of urea groups is 1. The third-order valence-electron chi connectivity index (χ3n) is 2.31. The molecule has 0 saturated carbocycles. The zero-order valence-electron chi connectivity index (χ0n) is 10.8. The quantitative estimate of drug-likeness (QED) is 0.540. The highest BCUT2D eigenvalue weighted by Crippen LogP contribution is 2.10. The summed E-state index contributed by atoms with van der Waals surface area (Å²) < 4.78 is 0. The molecule has 2 amide bonds. The SMILES string of the molecule is CCCC(C)(C)NC(=O)N[C@@H](CC(=O)O)C(=O)O. The van der Waals surface area contributed by atoms with E-state index >= 15 is 0 Å². The lowest BCUT2D eigenvalue weighted by molar-refractivity contribution is -0.145. The van der Waals surface area contributed by atoms with Crippen molar-refractivity contribution in [3.8, 4) is 0 Å². The summed E-state index contributed by atoms with van der Waals surface area (Å²) in [5.74, 6) is -2.66. The number of amides is 2. The van der Waals surface area contributed by atoms with Gasteiger partial charge in [-0.1, -0.05) is 13.3 Å². The first-order valence-electron chi connectivity index (χ1n) is 5.71. The van der Waals surface area contributed by atoms with Gasteiger partial charge in [-0.25, -0.2) is 9.59 Å². The highest BCUT2D eigenvalue weighted by Gasteiger charge is 2.25. The van der Waals surface area contributed by atoms with Crippen molar-refractivity contribution >= 4 is 18.0 Å². The molecule has 0 radical (unpaired) electrons. The van der Waals surface area contributed by atoms with Gasteiger partial charge in [0, 0.05) is 5.54 Å². The van der Waals surface area contributed by atoms with Gasteiger partial charge in [-0.05, 0) is 20.3 Å². The maximum absolute atomic E-state index is 11.6. The molecule has 0 aromatic carbocycles. The molecule has 0 unspecified atom stereocenters. The van der Waals surface area contributed by atoms with Crippen LogP contribution in [0.1, 0.15) is 40.0 Å². The smallest absolute Gasteiger partial charge is 0.326 e. The van der Waals surface area contributed by atoms with Crippen LogP contribution in [0.5, 0.6) is 0 Å². The van der Waals surface area contributed by atoms with E-state index < -0.39 is 36.0 Å². The average Bonchev–Trinajstić information content (AvgIpc) is 2.14. The van der Waals surface area contributed by atoms with Crippen molar-refractivity contribution in [3.63, 3.8) is 0 Å². The van der Waals surface area contributed by atoms with Gasteiger partial charge in [0.05, 0.1) is 6.42 Å². The third-order valence-corrected chi connectivity index (χ3v) is 2.31. The minimum atomic E-state index is -1.43. The van der Waals surface area contributed by atoms with E-state index in [1.54, 1.807) is 0 Å². The largest absolute Gasteiger partial charge is 0.481 e. The van der Waals surface area contributed by atoms with E-state index in [0.717, 1.165) is 12.8 Å². The Morgan fingerprint density at radius 1 is 1.22 bits per heavy atom.